The number of methoxy groups -OCH3 is 1. The molecule has 3 heteroatoms. The predicted octanol–water partition coefficient (Wildman–Crippen LogP) is 2.71. The molecule has 0 rings (SSSR count). The minimum absolute atomic E-state index is 0.475. The number of hydrogen-bond acceptors (Lipinski definition) is 2. The van der Waals surface area contributed by atoms with Gasteiger partial charge < -0.3 is 4.74 Å². The Kier molecular flexibility index (Phi) is 4.62. The molecule has 62 valence electrons. The summed E-state index contributed by atoms with van der Waals surface area (Å²) in [6, 6.07) is 0. The highest BCUT2D eigenvalue weighted by atomic mass is 35.5. The molecular weight excluding hydrogens is 162 g/mol. The summed E-state index contributed by atoms with van der Waals surface area (Å²) in [4.78, 5) is 3.62. The number of ether oxygens (including phenoxy) is 1. The molecule has 11 heavy (non-hydrogen) atoms. The Labute approximate surface area is 72.2 Å². The van der Waals surface area contributed by atoms with Crippen LogP contribution in [0.3, 0.4) is 0 Å². The number of hydrogen-bond donors (Lipinski definition) is 0. The van der Waals surface area contributed by atoms with Gasteiger partial charge in [0.15, 0.2) is 0 Å². The maximum absolute atomic E-state index is 5.70. The van der Waals surface area contributed by atoms with E-state index < -0.39 is 0 Å². The minimum Gasteiger partial charge on any atom is -0.481 e. The molecule has 0 aromatic rings. The van der Waals surface area contributed by atoms with Crippen molar-refractivity contribution in [3.05, 3.63) is 22.6 Å². The summed E-state index contributed by atoms with van der Waals surface area (Å²) in [5.74, 6) is 0.475. The van der Waals surface area contributed by atoms with Crippen molar-refractivity contribution in [3.8, 4) is 0 Å². The van der Waals surface area contributed by atoms with E-state index in [-0.39, 0.29) is 0 Å². The van der Waals surface area contributed by atoms with Crippen LogP contribution in [0.1, 0.15) is 13.8 Å². The van der Waals surface area contributed by atoms with E-state index >= 15 is 0 Å². The molecule has 0 N–H and O–H groups in total. The standard InChI is InChI=1S/C8H12ClNO/c1-6(7(2)9)5-8(10-3)11-4/h5H,3H2,1-2,4H3. The van der Waals surface area contributed by atoms with Crippen molar-refractivity contribution in [1.82, 2.24) is 0 Å². The Morgan fingerprint density at radius 3 is 2.36 bits per heavy atom. The molecule has 0 unspecified atom stereocenters. The van der Waals surface area contributed by atoms with Gasteiger partial charge >= 0.3 is 0 Å². The van der Waals surface area contributed by atoms with Gasteiger partial charge in [0.1, 0.15) is 0 Å². The summed E-state index contributed by atoms with van der Waals surface area (Å²) >= 11 is 5.70. The number of allylic oxidation sites excluding steroid dienone is 3. The molecule has 0 aromatic heterocycles. The van der Waals surface area contributed by atoms with Crippen LogP contribution >= 0.6 is 11.6 Å². The highest BCUT2D eigenvalue weighted by Gasteiger charge is 1.93. The van der Waals surface area contributed by atoms with E-state index in [0.717, 1.165) is 10.6 Å². The summed E-state index contributed by atoms with van der Waals surface area (Å²) in [7, 11) is 1.54. The van der Waals surface area contributed by atoms with E-state index in [4.69, 9.17) is 16.3 Å². The summed E-state index contributed by atoms with van der Waals surface area (Å²) in [6.07, 6.45) is 1.73. The van der Waals surface area contributed by atoms with Crippen LogP contribution in [0.2, 0.25) is 0 Å². The molecule has 0 heterocycles. The second kappa shape index (κ2) is 4.97. The van der Waals surface area contributed by atoms with E-state index in [2.05, 4.69) is 11.7 Å². The molecule has 0 saturated carbocycles. The molecule has 0 fully saturated rings. The van der Waals surface area contributed by atoms with Gasteiger partial charge in [-0.15, -0.1) is 0 Å². The molecular formula is C8H12ClNO. The van der Waals surface area contributed by atoms with Gasteiger partial charge in [0.05, 0.1) is 7.11 Å². The first kappa shape index (κ1) is 10.2. The third-order valence-electron chi connectivity index (χ3n) is 1.25. The molecule has 0 aliphatic carbocycles. The molecule has 0 bridgehead atoms. The zero-order valence-electron chi connectivity index (χ0n) is 7.02. The predicted molar refractivity (Wildman–Crippen MR) is 48.9 cm³/mol. The lowest BCUT2D eigenvalue weighted by Crippen LogP contribution is -1.82. The van der Waals surface area contributed by atoms with Crippen molar-refractivity contribution in [1.29, 1.82) is 0 Å². The highest BCUT2D eigenvalue weighted by Crippen LogP contribution is 2.11. The monoisotopic (exact) mass is 173 g/mol. The van der Waals surface area contributed by atoms with Crippen LogP contribution in [0.25, 0.3) is 0 Å². The van der Waals surface area contributed by atoms with Crippen molar-refractivity contribution < 1.29 is 4.74 Å². The topological polar surface area (TPSA) is 21.6 Å². The number of nitrogens with zero attached hydrogens (tertiary/aromatic N) is 1. The first-order valence-electron chi connectivity index (χ1n) is 3.17. The van der Waals surface area contributed by atoms with Crippen molar-refractivity contribution in [3.63, 3.8) is 0 Å². The van der Waals surface area contributed by atoms with Gasteiger partial charge in [-0.2, -0.15) is 0 Å². The molecule has 0 atom stereocenters. The lowest BCUT2D eigenvalue weighted by atomic mass is 10.3. The second-order valence-electron chi connectivity index (χ2n) is 2.06. The van der Waals surface area contributed by atoms with Crippen LogP contribution in [0.15, 0.2) is 27.6 Å². The molecule has 2 nitrogen and oxygen atoms in total. The summed E-state index contributed by atoms with van der Waals surface area (Å²) < 4.78 is 4.86. The SMILES string of the molecule is C=NC(=CC(C)=C(C)Cl)OC. The van der Waals surface area contributed by atoms with Gasteiger partial charge in [-0.05, 0) is 26.1 Å². The maximum Gasteiger partial charge on any atom is 0.212 e. The fraction of sp³-hybridized carbons (Fsp3) is 0.375. The third kappa shape index (κ3) is 3.83. The molecule has 0 amide bonds. The smallest absolute Gasteiger partial charge is 0.212 e. The minimum atomic E-state index is 0.475. The Balaban J connectivity index is 4.52. The Bertz CT molecular complexity index is 202. The largest absolute Gasteiger partial charge is 0.481 e. The first-order chi connectivity index (χ1) is 5.11. The zero-order valence-corrected chi connectivity index (χ0v) is 7.77. The normalized spacial score (nSPS) is 14.0. The molecule has 0 spiro atoms. The average Bonchev–Trinajstić information content (AvgIpc) is 1.99. The van der Waals surface area contributed by atoms with Crippen LogP contribution in [0, 0.1) is 0 Å². The molecule has 0 radical (unpaired) electrons. The van der Waals surface area contributed by atoms with E-state index in [1.807, 2.05) is 13.8 Å². The summed E-state index contributed by atoms with van der Waals surface area (Å²) in [5, 5.41) is 0.725. The van der Waals surface area contributed by atoms with Gasteiger partial charge in [0.25, 0.3) is 0 Å². The third-order valence-corrected chi connectivity index (χ3v) is 1.55. The van der Waals surface area contributed by atoms with Gasteiger partial charge in [-0.25, -0.2) is 4.99 Å². The fourth-order valence-corrected chi connectivity index (χ4v) is 0.508. The summed E-state index contributed by atoms with van der Waals surface area (Å²) in [6.45, 7) is 7.03. The number of aliphatic imine (C=N–C) groups is 1. The highest BCUT2D eigenvalue weighted by molar-refractivity contribution is 6.29. The Morgan fingerprint density at radius 1 is 1.55 bits per heavy atom. The number of rotatable bonds is 3. The van der Waals surface area contributed by atoms with E-state index in [0.29, 0.717) is 5.88 Å². The maximum atomic E-state index is 5.70. The molecule has 0 aromatic carbocycles. The van der Waals surface area contributed by atoms with Gasteiger partial charge in [-0.3, -0.25) is 0 Å². The van der Waals surface area contributed by atoms with E-state index in [1.54, 1.807) is 6.08 Å². The van der Waals surface area contributed by atoms with Crippen molar-refractivity contribution in [2.45, 2.75) is 13.8 Å². The number of halogens is 1. The average molecular weight is 174 g/mol. The van der Waals surface area contributed by atoms with E-state index in [1.165, 1.54) is 7.11 Å². The van der Waals surface area contributed by atoms with Crippen molar-refractivity contribution in [2.24, 2.45) is 4.99 Å². The van der Waals surface area contributed by atoms with Crippen molar-refractivity contribution >= 4 is 18.3 Å². The van der Waals surface area contributed by atoms with Crippen molar-refractivity contribution in [2.75, 3.05) is 7.11 Å². The Morgan fingerprint density at radius 2 is 2.09 bits per heavy atom. The summed E-state index contributed by atoms with van der Waals surface area (Å²) in [5.41, 5.74) is 0.927. The van der Waals surface area contributed by atoms with E-state index in [9.17, 15) is 0 Å². The lowest BCUT2D eigenvalue weighted by molar-refractivity contribution is 0.289. The van der Waals surface area contributed by atoms with Crippen LogP contribution in [0.4, 0.5) is 0 Å². The molecule has 0 aliphatic rings. The van der Waals surface area contributed by atoms with Gasteiger partial charge in [0, 0.05) is 11.1 Å². The molecule has 0 aliphatic heterocycles. The lowest BCUT2D eigenvalue weighted by Gasteiger charge is -1.98. The second-order valence-corrected chi connectivity index (χ2v) is 2.63. The quantitative estimate of drug-likeness (QED) is 0.365. The van der Waals surface area contributed by atoms with Gasteiger partial charge in [-0.1, -0.05) is 11.6 Å². The van der Waals surface area contributed by atoms with Crippen LogP contribution in [0.5, 0.6) is 0 Å². The fourth-order valence-electron chi connectivity index (χ4n) is 0.454. The molecule has 0 saturated heterocycles. The van der Waals surface area contributed by atoms with Crippen LogP contribution in [-0.4, -0.2) is 13.8 Å². The van der Waals surface area contributed by atoms with Gasteiger partial charge in [0.2, 0.25) is 5.88 Å². The Hall–Kier alpha value is -0.760. The zero-order chi connectivity index (χ0) is 8.85. The van der Waals surface area contributed by atoms with Crippen LogP contribution in [-0.2, 0) is 4.74 Å². The van der Waals surface area contributed by atoms with Crippen LogP contribution < -0.4 is 0 Å². The first-order valence-corrected chi connectivity index (χ1v) is 3.55.